The molecule has 3 rings (SSSR count). The zero-order valence-electron chi connectivity index (χ0n) is 15.1. The molecule has 0 bridgehead atoms. The van der Waals surface area contributed by atoms with Crippen LogP contribution >= 0.6 is 11.3 Å². The monoisotopic (exact) mass is 370 g/mol. The van der Waals surface area contributed by atoms with Crippen molar-refractivity contribution in [2.45, 2.75) is 32.8 Å². The summed E-state index contributed by atoms with van der Waals surface area (Å²) in [7, 11) is 1.58. The van der Waals surface area contributed by atoms with Crippen LogP contribution in [-0.2, 0) is 6.42 Å². The maximum absolute atomic E-state index is 12.4. The number of methoxy groups -OCH3 is 1. The fourth-order valence-electron chi connectivity index (χ4n) is 2.52. The molecule has 0 aliphatic rings. The quantitative estimate of drug-likeness (QED) is 0.629. The van der Waals surface area contributed by atoms with E-state index in [4.69, 9.17) is 9.47 Å². The lowest BCUT2D eigenvalue weighted by Crippen LogP contribution is -2.13. The normalized spacial score (nSPS) is 12.0. The number of rotatable bonds is 7. The Kier molecular flexibility index (Phi) is 5.73. The van der Waals surface area contributed by atoms with Crippen molar-refractivity contribution in [1.82, 2.24) is 9.78 Å². The number of ether oxygens (including phenoxy) is 2. The van der Waals surface area contributed by atoms with E-state index >= 15 is 0 Å². The van der Waals surface area contributed by atoms with Gasteiger partial charge >= 0.3 is 4.87 Å². The Bertz CT molecular complexity index is 915. The molecule has 0 amide bonds. The smallest absolute Gasteiger partial charge is 0.329 e. The third-order valence-electron chi connectivity index (χ3n) is 4.09. The van der Waals surface area contributed by atoms with Crippen molar-refractivity contribution < 1.29 is 9.47 Å². The molecule has 136 valence electrons. The highest BCUT2D eigenvalue weighted by Gasteiger charge is 2.12. The van der Waals surface area contributed by atoms with Crippen molar-refractivity contribution in [3.8, 4) is 17.2 Å². The van der Waals surface area contributed by atoms with Crippen LogP contribution < -0.4 is 14.3 Å². The highest BCUT2D eigenvalue weighted by Crippen LogP contribution is 2.22. The predicted molar refractivity (Wildman–Crippen MR) is 104 cm³/mol. The molecule has 3 aromatic rings. The average Bonchev–Trinajstić information content (AvgIpc) is 3.03. The molecule has 0 saturated heterocycles. The molecule has 26 heavy (non-hydrogen) atoms. The molecule has 5 nitrogen and oxygen atoms in total. The summed E-state index contributed by atoms with van der Waals surface area (Å²) >= 11 is 1.15. The molecule has 1 heterocycles. The summed E-state index contributed by atoms with van der Waals surface area (Å²) in [6.07, 6.45) is 1.77. The second kappa shape index (κ2) is 8.19. The largest absolute Gasteiger partial charge is 0.494 e. The van der Waals surface area contributed by atoms with Crippen molar-refractivity contribution in [2.75, 3.05) is 7.11 Å². The van der Waals surface area contributed by atoms with Crippen LogP contribution in [0.25, 0.3) is 5.69 Å². The van der Waals surface area contributed by atoms with Gasteiger partial charge in [0.15, 0.2) is 0 Å². The van der Waals surface area contributed by atoms with Crippen LogP contribution in [0.15, 0.2) is 53.3 Å². The second-order valence-corrected chi connectivity index (χ2v) is 7.03. The lowest BCUT2D eigenvalue weighted by atomic mass is 10.1. The summed E-state index contributed by atoms with van der Waals surface area (Å²) in [6, 6.07) is 15.3. The minimum absolute atomic E-state index is 0.124. The summed E-state index contributed by atoms with van der Waals surface area (Å²) in [5, 5.41) is 5.24. The van der Waals surface area contributed by atoms with Crippen LogP contribution in [-0.4, -0.2) is 23.0 Å². The van der Waals surface area contributed by atoms with E-state index in [0.29, 0.717) is 17.9 Å². The Balaban J connectivity index is 1.78. The number of hydrogen-bond donors (Lipinski definition) is 0. The van der Waals surface area contributed by atoms with E-state index < -0.39 is 0 Å². The van der Waals surface area contributed by atoms with Gasteiger partial charge < -0.3 is 9.47 Å². The summed E-state index contributed by atoms with van der Waals surface area (Å²) in [5.74, 6) is 1.48. The van der Waals surface area contributed by atoms with Gasteiger partial charge in [0.25, 0.3) is 0 Å². The van der Waals surface area contributed by atoms with E-state index in [-0.39, 0.29) is 11.0 Å². The van der Waals surface area contributed by atoms with E-state index in [0.717, 1.165) is 34.1 Å². The molecule has 0 fully saturated rings. The summed E-state index contributed by atoms with van der Waals surface area (Å²) in [6.45, 7) is 4.15. The van der Waals surface area contributed by atoms with Gasteiger partial charge in [0, 0.05) is 6.42 Å². The van der Waals surface area contributed by atoms with Gasteiger partial charge in [-0.25, -0.2) is 0 Å². The third-order valence-corrected chi connectivity index (χ3v) is 4.90. The van der Waals surface area contributed by atoms with Gasteiger partial charge in [-0.3, -0.25) is 4.79 Å². The van der Waals surface area contributed by atoms with Crippen molar-refractivity contribution in [1.29, 1.82) is 0 Å². The molecular formula is C20H22N2O3S. The molecule has 1 aromatic heterocycles. The number of nitrogens with zero attached hydrogens (tertiary/aromatic N) is 2. The Hall–Kier alpha value is -2.60. The van der Waals surface area contributed by atoms with Gasteiger partial charge in [-0.15, -0.1) is 0 Å². The molecule has 0 spiro atoms. The van der Waals surface area contributed by atoms with Gasteiger partial charge in [0.1, 0.15) is 22.2 Å². The van der Waals surface area contributed by atoms with Gasteiger partial charge in [-0.05, 0) is 43.2 Å². The first-order valence-electron chi connectivity index (χ1n) is 8.58. The zero-order chi connectivity index (χ0) is 18.5. The molecule has 0 N–H and O–H groups in total. The molecule has 1 atom stereocenters. The number of benzene rings is 2. The van der Waals surface area contributed by atoms with Crippen molar-refractivity contribution in [3.05, 3.63) is 68.8 Å². The summed E-state index contributed by atoms with van der Waals surface area (Å²) in [5.41, 5.74) is 1.74. The SMILES string of the molecule is CCC(C)Oc1ccc(Cc2nn(-c3ccccc3OC)c(=O)s2)cc1. The van der Waals surface area contributed by atoms with Crippen LogP contribution in [0, 0.1) is 0 Å². The van der Waals surface area contributed by atoms with Crippen LogP contribution in [0.2, 0.25) is 0 Å². The van der Waals surface area contributed by atoms with Crippen molar-refractivity contribution in [3.63, 3.8) is 0 Å². The van der Waals surface area contributed by atoms with E-state index in [1.165, 1.54) is 4.68 Å². The fraction of sp³-hybridized carbons (Fsp3) is 0.300. The molecular weight excluding hydrogens is 348 g/mol. The minimum atomic E-state index is -0.124. The zero-order valence-corrected chi connectivity index (χ0v) is 16.0. The van der Waals surface area contributed by atoms with Crippen LogP contribution in [0.3, 0.4) is 0 Å². The van der Waals surface area contributed by atoms with E-state index in [1.807, 2.05) is 48.5 Å². The van der Waals surface area contributed by atoms with Crippen LogP contribution in [0.5, 0.6) is 11.5 Å². The van der Waals surface area contributed by atoms with Crippen molar-refractivity contribution in [2.24, 2.45) is 0 Å². The molecule has 0 aliphatic carbocycles. The number of hydrogen-bond acceptors (Lipinski definition) is 5. The first kappa shape index (κ1) is 18.2. The first-order chi connectivity index (χ1) is 12.6. The lowest BCUT2D eigenvalue weighted by Gasteiger charge is -2.12. The fourth-order valence-corrected chi connectivity index (χ4v) is 3.31. The summed E-state index contributed by atoms with van der Waals surface area (Å²) in [4.78, 5) is 12.2. The molecule has 0 aliphatic heterocycles. The van der Waals surface area contributed by atoms with E-state index in [1.54, 1.807) is 7.11 Å². The van der Waals surface area contributed by atoms with Crippen molar-refractivity contribution >= 4 is 11.3 Å². The molecule has 1 unspecified atom stereocenters. The first-order valence-corrected chi connectivity index (χ1v) is 9.40. The van der Waals surface area contributed by atoms with Gasteiger partial charge in [0.05, 0.1) is 13.2 Å². The highest BCUT2D eigenvalue weighted by atomic mass is 32.1. The Morgan fingerprint density at radius 2 is 1.88 bits per heavy atom. The number of para-hydroxylation sites is 2. The van der Waals surface area contributed by atoms with E-state index in [2.05, 4.69) is 18.9 Å². The molecule has 6 heteroatoms. The molecule has 0 radical (unpaired) electrons. The Morgan fingerprint density at radius 1 is 1.15 bits per heavy atom. The maximum atomic E-state index is 12.4. The average molecular weight is 370 g/mol. The molecule has 0 saturated carbocycles. The second-order valence-electron chi connectivity index (χ2n) is 6.00. The van der Waals surface area contributed by atoms with Gasteiger partial charge in [-0.2, -0.15) is 9.78 Å². The Labute approximate surface area is 156 Å². The minimum Gasteiger partial charge on any atom is -0.494 e. The number of aromatic nitrogens is 2. The standard InChI is InChI=1S/C20H22N2O3S/c1-4-14(2)25-16-11-9-15(10-12-16)13-19-21-22(20(23)26-19)17-7-5-6-8-18(17)24-3/h5-12,14H,4,13H2,1-3H3. The lowest BCUT2D eigenvalue weighted by molar-refractivity contribution is 0.217. The predicted octanol–water partition coefficient (Wildman–Crippen LogP) is 4.07. The highest BCUT2D eigenvalue weighted by molar-refractivity contribution is 7.08. The van der Waals surface area contributed by atoms with Crippen LogP contribution in [0.4, 0.5) is 0 Å². The van der Waals surface area contributed by atoms with Gasteiger partial charge in [-0.1, -0.05) is 42.5 Å². The van der Waals surface area contributed by atoms with Crippen LogP contribution in [0.1, 0.15) is 30.8 Å². The third kappa shape index (κ3) is 4.14. The van der Waals surface area contributed by atoms with Gasteiger partial charge in [0.2, 0.25) is 0 Å². The Morgan fingerprint density at radius 3 is 2.58 bits per heavy atom. The molecule has 2 aromatic carbocycles. The maximum Gasteiger partial charge on any atom is 0.329 e. The topological polar surface area (TPSA) is 53.4 Å². The summed E-state index contributed by atoms with van der Waals surface area (Å²) < 4.78 is 12.5. The van der Waals surface area contributed by atoms with E-state index in [9.17, 15) is 4.79 Å².